The maximum atomic E-state index is 12.5. The summed E-state index contributed by atoms with van der Waals surface area (Å²) in [4.78, 5) is 26.5. The van der Waals surface area contributed by atoms with Crippen molar-refractivity contribution >= 4 is 23.6 Å². The molecule has 0 aromatic heterocycles. The van der Waals surface area contributed by atoms with Crippen LogP contribution in [0.4, 0.5) is 5.69 Å². The van der Waals surface area contributed by atoms with Crippen LogP contribution >= 0.6 is 0 Å². The lowest BCUT2D eigenvalue weighted by atomic mass is 10.1. The summed E-state index contributed by atoms with van der Waals surface area (Å²) in [6, 6.07) is 24.5. The van der Waals surface area contributed by atoms with Gasteiger partial charge in [0.2, 0.25) is 5.91 Å². The fourth-order valence-electron chi connectivity index (χ4n) is 3.42. The van der Waals surface area contributed by atoms with Crippen molar-refractivity contribution in [3.05, 3.63) is 102 Å². The summed E-state index contributed by atoms with van der Waals surface area (Å²) in [6.07, 6.45) is 3.22. The van der Waals surface area contributed by atoms with Gasteiger partial charge in [-0.15, -0.1) is 0 Å². The Morgan fingerprint density at radius 1 is 0.909 bits per heavy atom. The number of carbonyl (C=O) groups is 2. The lowest BCUT2D eigenvalue weighted by molar-refractivity contribution is -0.111. The van der Waals surface area contributed by atoms with Crippen molar-refractivity contribution < 1.29 is 19.1 Å². The Balaban J connectivity index is 1.26. The molecule has 0 bridgehead atoms. The van der Waals surface area contributed by atoms with Gasteiger partial charge in [-0.25, -0.2) is 0 Å². The molecule has 6 heteroatoms. The third-order valence-electron chi connectivity index (χ3n) is 5.25. The Morgan fingerprint density at radius 2 is 1.61 bits per heavy atom. The molecule has 3 aromatic carbocycles. The number of amides is 2. The van der Waals surface area contributed by atoms with E-state index in [0.717, 1.165) is 16.9 Å². The predicted molar refractivity (Wildman–Crippen MR) is 128 cm³/mol. The first-order valence-electron chi connectivity index (χ1n) is 10.9. The van der Waals surface area contributed by atoms with Crippen LogP contribution < -0.4 is 10.1 Å². The monoisotopic (exact) mass is 442 g/mol. The molecule has 33 heavy (non-hydrogen) atoms. The highest BCUT2D eigenvalue weighted by Gasteiger charge is 2.18. The van der Waals surface area contributed by atoms with Gasteiger partial charge in [-0.05, 0) is 53.6 Å². The molecule has 1 aliphatic heterocycles. The van der Waals surface area contributed by atoms with Crippen LogP contribution in [0.15, 0.2) is 84.9 Å². The van der Waals surface area contributed by atoms with Gasteiger partial charge in [-0.1, -0.05) is 42.5 Å². The molecular formula is C27H26N2O4. The molecule has 1 saturated heterocycles. The Morgan fingerprint density at radius 3 is 2.30 bits per heavy atom. The van der Waals surface area contributed by atoms with Gasteiger partial charge in [-0.3, -0.25) is 9.59 Å². The topological polar surface area (TPSA) is 67.9 Å². The van der Waals surface area contributed by atoms with Crippen molar-refractivity contribution in [1.82, 2.24) is 4.90 Å². The van der Waals surface area contributed by atoms with Crippen molar-refractivity contribution in [3.8, 4) is 5.75 Å². The number of hydrogen-bond acceptors (Lipinski definition) is 4. The number of ether oxygens (including phenoxy) is 2. The van der Waals surface area contributed by atoms with E-state index in [9.17, 15) is 9.59 Å². The first-order chi connectivity index (χ1) is 16.2. The largest absolute Gasteiger partial charge is 0.489 e. The minimum atomic E-state index is -0.244. The third-order valence-corrected chi connectivity index (χ3v) is 5.25. The second kappa shape index (κ2) is 11.1. The van der Waals surface area contributed by atoms with E-state index < -0.39 is 0 Å². The van der Waals surface area contributed by atoms with E-state index in [4.69, 9.17) is 9.47 Å². The van der Waals surface area contributed by atoms with Gasteiger partial charge in [0.25, 0.3) is 5.91 Å². The zero-order chi connectivity index (χ0) is 22.9. The summed E-state index contributed by atoms with van der Waals surface area (Å²) in [5.41, 5.74) is 3.23. The second-order valence-corrected chi connectivity index (χ2v) is 7.65. The molecule has 4 rings (SSSR count). The van der Waals surface area contributed by atoms with Crippen LogP contribution in [0.3, 0.4) is 0 Å². The average Bonchev–Trinajstić information content (AvgIpc) is 2.88. The quantitative estimate of drug-likeness (QED) is 0.551. The highest BCUT2D eigenvalue weighted by Crippen LogP contribution is 2.16. The Hall–Kier alpha value is -3.90. The van der Waals surface area contributed by atoms with Crippen LogP contribution in [0.5, 0.6) is 5.75 Å². The molecule has 1 fully saturated rings. The average molecular weight is 443 g/mol. The van der Waals surface area contributed by atoms with E-state index in [0.29, 0.717) is 44.2 Å². The standard InChI is InChI=1S/C27H26N2O4/c30-26(28-24-11-9-23(10-12-24)27(31)29-16-18-32-19-17-29)15-8-21-6-13-25(14-7-21)33-20-22-4-2-1-3-5-22/h1-15H,16-20H2,(H,28,30)/b15-8+. The molecule has 1 heterocycles. The molecule has 0 atom stereocenters. The molecule has 2 amide bonds. The normalized spacial score (nSPS) is 13.6. The fourth-order valence-corrected chi connectivity index (χ4v) is 3.42. The molecular weight excluding hydrogens is 416 g/mol. The number of carbonyl (C=O) groups excluding carboxylic acids is 2. The first kappa shape index (κ1) is 22.3. The van der Waals surface area contributed by atoms with Crippen molar-refractivity contribution in [2.24, 2.45) is 0 Å². The predicted octanol–water partition coefficient (Wildman–Crippen LogP) is 4.39. The van der Waals surface area contributed by atoms with Crippen molar-refractivity contribution in [3.63, 3.8) is 0 Å². The van der Waals surface area contributed by atoms with Gasteiger partial charge < -0.3 is 19.7 Å². The number of morpholine rings is 1. The second-order valence-electron chi connectivity index (χ2n) is 7.65. The third kappa shape index (κ3) is 6.54. The number of nitrogens with zero attached hydrogens (tertiary/aromatic N) is 1. The van der Waals surface area contributed by atoms with Crippen LogP contribution in [0.25, 0.3) is 6.08 Å². The number of nitrogens with one attached hydrogen (secondary N) is 1. The summed E-state index contributed by atoms with van der Waals surface area (Å²) in [7, 11) is 0. The van der Waals surface area contributed by atoms with Crippen LogP contribution in [0, 0.1) is 0 Å². The van der Waals surface area contributed by atoms with Gasteiger partial charge in [0, 0.05) is 30.4 Å². The fraction of sp³-hybridized carbons (Fsp3) is 0.185. The van der Waals surface area contributed by atoms with Gasteiger partial charge in [0.15, 0.2) is 0 Å². The van der Waals surface area contributed by atoms with Crippen LogP contribution in [0.2, 0.25) is 0 Å². The van der Waals surface area contributed by atoms with Gasteiger partial charge >= 0.3 is 0 Å². The lowest BCUT2D eigenvalue weighted by Crippen LogP contribution is -2.40. The highest BCUT2D eigenvalue weighted by molar-refractivity contribution is 6.02. The number of benzene rings is 3. The Kier molecular flexibility index (Phi) is 7.51. The molecule has 0 aliphatic carbocycles. The van der Waals surface area contributed by atoms with E-state index in [1.165, 1.54) is 6.08 Å². The van der Waals surface area contributed by atoms with Gasteiger partial charge in [0.05, 0.1) is 13.2 Å². The van der Waals surface area contributed by atoms with Crippen LogP contribution in [0.1, 0.15) is 21.5 Å². The number of hydrogen-bond donors (Lipinski definition) is 1. The zero-order valence-electron chi connectivity index (χ0n) is 18.3. The van der Waals surface area contributed by atoms with Crippen LogP contribution in [-0.2, 0) is 16.1 Å². The maximum absolute atomic E-state index is 12.5. The Labute approximate surface area is 193 Å². The summed E-state index contributed by atoms with van der Waals surface area (Å²) < 4.78 is 11.1. The SMILES string of the molecule is O=C(/C=C/c1ccc(OCc2ccccc2)cc1)Nc1ccc(C(=O)N2CCOCC2)cc1. The first-order valence-corrected chi connectivity index (χ1v) is 10.9. The molecule has 6 nitrogen and oxygen atoms in total. The number of anilines is 1. The lowest BCUT2D eigenvalue weighted by Gasteiger charge is -2.26. The van der Waals surface area contributed by atoms with Gasteiger partial charge in [0.1, 0.15) is 12.4 Å². The van der Waals surface area contributed by atoms with E-state index in [-0.39, 0.29) is 11.8 Å². The minimum Gasteiger partial charge on any atom is -0.489 e. The molecule has 0 unspecified atom stereocenters. The summed E-state index contributed by atoms with van der Waals surface area (Å²) >= 11 is 0. The van der Waals surface area contributed by atoms with Crippen molar-refractivity contribution in [1.29, 1.82) is 0 Å². The zero-order valence-corrected chi connectivity index (χ0v) is 18.3. The van der Waals surface area contributed by atoms with Crippen molar-refractivity contribution in [2.45, 2.75) is 6.61 Å². The minimum absolute atomic E-state index is 0.0210. The molecule has 0 radical (unpaired) electrons. The number of rotatable bonds is 7. The molecule has 1 N–H and O–H groups in total. The molecule has 168 valence electrons. The maximum Gasteiger partial charge on any atom is 0.254 e. The van der Waals surface area contributed by atoms with Gasteiger partial charge in [-0.2, -0.15) is 0 Å². The van der Waals surface area contributed by atoms with E-state index in [1.54, 1.807) is 35.2 Å². The smallest absolute Gasteiger partial charge is 0.254 e. The van der Waals surface area contributed by atoms with E-state index in [2.05, 4.69) is 5.32 Å². The van der Waals surface area contributed by atoms with Crippen LogP contribution in [-0.4, -0.2) is 43.0 Å². The summed E-state index contributed by atoms with van der Waals surface area (Å²) in [5.74, 6) is 0.506. The Bertz CT molecular complexity index is 1090. The van der Waals surface area contributed by atoms with E-state index >= 15 is 0 Å². The summed E-state index contributed by atoms with van der Waals surface area (Å²) in [6.45, 7) is 2.84. The molecule has 1 aliphatic rings. The highest BCUT2D eigenvalue weighted by atomic mass is 16.5. The molecule has 3 aromatic rings. The summed E-state index contributed by atoms with van der Waals surface area (Å²) in [5, 5.41) is 2.81. The molecule has 0 spiro atoms. The van der Waals surface area contributed by atoms with Crippen molar-refractivity contribution in [2.75, 3.05) is 31.6 Å². The van der Waals surface area contributed by atoms with E-state index in [1.807, 2.05) is 54.6 Å². The molecule has 0 saturated carbocycles.